The Morgan fingerprint density at radius 3 is 2.39 bits per heavy atom. The van der Waals surface area contributed by atoms with Crippen LogP contribution >= 0.6 is 0 Å². The molecule has 4 rings (SSSR count). The van der Waals surface area contributed by atoms with Crippen LogP contribution in [0.4, 0.5) is 11.4 Å². The van der Waals surface area contributed by atoms with Crippen molar-refractivity contribution < 1.29 is 0 Å². The minimum absolute atomic E-state index is 0.333. The number of benzene rings is 3. The maximum atomic E-state index is 4.82. The minimum Gasteiger partial charge on any atom is -0.378 e. The summed E-state index contributed by atoms with van der Waals surface area (Å²) in [6.45, 7) is 4.38. The van der Waals surface area contributed by atoms with Gasteiger partial charge in [-0.05, 0) is 48.2 Å². The lowest BCUT2D eigenvalue weighted by molar-refractivity contribution is 0.634. The second-order valence-electron chi connectivity index (χ2n) is 7.69. The molecule has 1 unspecified atom stereocenters. The van der Waals surface area contributed by atoms with Gasteiger partial charge in [0.2, 0.25) is 0 Å². The molecule has 0 amide bonds. The highest BCUT2D eigenvalue weighted by atomic mass is 14.9. The number of aryl methyl sites for hydroxylation is 1. The third-order valence-corrected chi connectivity index (χ3v) is 5.49. The Labute approximate surface area is 168 Å². The van der Waals surface area contributed by atoms with E-state index in [1.807, 2.05) is 0 Å². The summed E-state index contributed by atoms with van der Waals surface area (Å²) in [5.41, 5.74) is 8.65. The van der Waals surface area contributed by atoms with E-state index in [2.05, 4.69) is 92.0 Å². The van der Waals surface area contributed by atoms with Gasteiger partial charge in [-0.3, -0.25) is 4.99 Å². The van der Waals surface area contributed by atoms with Gasteiger partial charge in [-0.2, -0.15) is 0 Å². The van der Waals surface area contributed by atoms with Gasteiger partial charge < -0.3 is 5.32 Å². The summed E-state index contributed by atoms with van der Waals surface area (Å²) in [4.78, 5) is 4.82. The molecule has 28 heavy (non-hydrogen) atoms. The molecule has 142 valence electrons. The predicted octanol–water partition coefficient (Wildman–Crippen LogP) is 7.02. The van der Waals surface area contributed by atoms with Crippen LogP contribution in [-0.4, -0.2) is 5.71 Å². The number of unbranched alkanes of at least 4 members (excludes halogenated alkanes) is 1. The van der Waals surface area contributed by atoms with Crippen molar-refractivity contribution in [2.24, 2.45) is 4.99 Å². The Hall–Kier alpha value is -2.87. The fraction of sp³-hybridized carbons (Fsp3) is 0.269. The number of hydrogen-bond donors (Lipinski definition) is 1. The van der Waals surface area contributed by atoms with Gasteiger partial charge in [0, 0.05) is 12.1 Å². The molecule has 0 radical (unpaired) electrons. The first-order valence-electron chi connectivity index (χ1n) is 10.3. The van der Waals surface area contributed by atoms with Gasteiger partial charge >= 0.3 is 0 Å². The largest absolute Gasteiger partial charge is 0.378 e. The Kier molecular flexibility index (Phi) is 5.57. The molecule has 1 atom stereocenters. The topological polar surface area (TPSA) is 24.4 Å². The predicted molar refractivity (Wildman–Crippen MR) is 120 cm³/mol. The number of nitrogens with zero attached hydrogens (tertiary/aromatic N) is 1. The molecule has 2 nitrogen and oxygen atoms in total. The lowest BCUT2D eigenvalue weighted by Crippen LogP contribution is -2.11. The highest BCUT2D eigenvalue weighted by Gasteiger charge is 2.16. The van der Waals surface area contributed by atoms with Crippen LogP contribution in [-0.2, 0) is 6.42 Å². The molecule has 2 heteroatoms. The molecule has 1 heterocycles. The number of aliphatic imine (C=N–C) groups is 1. The number of hydrogen-bond acceptors (Lipinski definition) is 2. The van der Waals surface area contributed by atoms with Crippen LogP contribution < -0.4 is 5.32 Å². The zero-order valence-electron chi connectivity index (χ0n) is 16.8. The molecule has 0 saturated heterocycles. The van der Waals surface area contributed by atoms with Crippen molar-refractivity contribution >= 4 is 17.1 Å². The van der Waals surface area contributed by atoms with E-state index in [-0.39, 0.29) is 0 Å². The van der Waals surface area contributed by atoms with E-state index >= 15 is 0 Å². The zero-order chi connectivity index (χ0) is 19.3. The Bertz CT molecular complexity index is 952. The Morgan fingerprint density at radius 1 is 0.929 bits per heavy atom. The summed E-state index contributed by atoms with van der Waals surface area (Å²) in [5.74, 6) is 0. The van der Waals surface area contributed by atoms with Crippen LogP contribution in [0.3, 0.4) is 0 Å². The van der Waals surface area contributed by atoms with Crippen LogP contribution in [0, 0.1) is 6.92 Å². The molecule has 0 saturated carbocycles. The maximum absolute atomic E-state index is 4.82. The molecule has 3 aromatic rings. The SMILES string of the molecule is CCCCC(Nc1ccc(C)cc1)c1ccc(C2=Nc3ccccc3C2)cc1. The molecule has 1 aliphatic heterocycles. The molecule has 0 aliphatic carbocycles. The molecule has 3 aromatic carbocycles. The molecule has 0 aromatic heterocycles. The average molecular weight is 369 g/mol. The first-order chi connectivity index (χ1) is 13.7. The van der Waals surface area contributed by atoms with Crippen molar-refractivity contribution in [3.8, 4) is 0 Å². The molecular weight excluding hydrogens is 340 g/mol. The fourth-order valence-electron chi connectivity index (χ4n) is 3.79. The second-order valence-corrected chi connectivity index (χ2v) is 7.69. The quantitative estimate of drug-likeness (QED) is 0.476. The van der Waals surface area contributed by atoms with Crippen molar-refractivity contribution in [1.29, 1.82) is 0 Å². The fourth-order valence-corrected chi connectivity index (χ4v) is 3.79. The van der Waals surface area contributed by atoms with Gasteiger partial charge in [0.1, 0.15) is 0 Å². The summed E-state index contributed by atoms with van der Waals surface area (Å²) in [6, 6.07) is 26.4. The zero-order valence-corrected chi connectivity index (χ0v) is 16.8. The highest BCUT2D eigenvalue weighted by molar-refractivity contribution is 6.06. The van der Waals surface area contributed by atoms with Gasteiger partial charge in [-0.25, -0.2) is 0 Å². The number of anilines is 1. The Morgan fingerprint density at radius 2 is 1.68 bits per heavy atom. The van der Waals surface area contributed by atoms with E-state index in [4.69, 9.17) is 4.99 Å². The Balaban J connectivity index is 1.52. The number of para-hydroxylation sites is 1. The van der Waals surface area contributed by atoms with E-state index in [1.54, 1.807) is 0 Å². The lowest BCUT2D eigenvalue weighted by Gasteiger charge is -2.21. The van der Waals surface area contributed by atoms with Crippen LogP contribution in [0.25, 0.3) is 0 Å². The van der Waals surface area contributed by atoms with Gasteiger partial charge in [0.15, 0.2) is 0 Å². The molecule has 0 fully saturated rings. The molecule has 0 spiro atoms. The highest BCUT2D eigenvalue weighted by Crippen LogP contribution is 2.30. The third-order valence-electron chi connectivity index (χ3n) is 5.49. The second kappa shape index (κ2) is 8.43. The lowest BCUT2D eigenvalue weighted by atomic mass is 9.97. The monoisotopic (exact) mass is 368 g/mol. The standard InChI is InChI=1S/C26H28N2/c1-3-4-8-24(27-23-16-10-19(2)11-17-23)20-12-14-21(15-13-20)26-18-22-7-5-6-9-25(22)28-26/h5-7,9-17,24,27H,3-4,8,18H2,1-2H3. The molecule has 0 bridgehead atoms. The van der Waals surface area contributed by atoms with Crippen molar-refractivity contribution in [3.63, 3.8) is 0 Å². The summed E-state index contributed by atoms with van der Waals surface area (Å²) in [5, 5.41) is 3.73. The van der Waals surface area contributed by atoms with Crippen molar-refractivity contribution in [3.05, 3.63) is 95.1 Å². The van der Waals surface area contributed by atoms with Crippen LogP contribution in [0.2, 0.25) is 0 Å². The number of nitrogens with one attached hydrogen (secondary N) is 1. The van der Waals surface area contributed by atoms with E-state index in [0.29, 0.717) is 6.04 Å². The van der Waals surface area contributed by atoms with Crippen LogP contribution in [0.15, 0.2) is 77.8 Å². The smallest absolute Gasteiger partial charge is 0.0669 e. The van der Waals surface area contributed by atoms with Crippen molar-refractivity contribution in [1.82, 2.24) is 0 Å². The molecule has 1 aliphatic rings. The third kappa shape index (κ3) is 4.17. The van der Waals surface area contributed by atoms with Gasteiger partial charge in [0.25, 0.3) is 0 Å². The summed E-state index contributed by atoms with van der Waals surface area (Å²) in [6.07, 6.45) is 4.49. The molecular formula is C26H28N2. The van der Waals surface area contributed by atoms with Crippen LogP contribution in [0.5, 0.6) is 0 Å². The number of fused-ring (bicyclic) bond motifs is 1. The van der Waals surface area contributed by atoms with Gasteiger partial charge in [-0.15, -0.1) is 0 Å². The van der Waals surface area contributed by atoms with E-state index in [0.717, 1.165) is 18.5 Å². The molecule has 1 N–H and O–H groups in total. The summed E-state index contributed by atoms with van der Waals surface area (Å²) >= 11 is 0. The minimum atomic E-state index is 0.333. The normalized spacial score (nSPS) is 13.7. The van der Waals surface area contributed by atoms with E-state index in [9.17, 15) is 0 Å². The summed E-state index contributed by atoms with van der Waals surface area (Å²) in [7, 11) is 0. The number of rotatable bonds is 7. The first-order valence-corrected chi connectivity index (χ1v) is 10.3. The first kappa shape index (κ1) is 18.5. The van der Waals surface area contributed by atoms with Gasteiger partial charge in [0.05, 0.1) is 17.4 Å². The van der Waals surface area contributed by atoms with Crippen LogP contribution in [0.1, 0.15) is 54.5 Å². The summed E-state index contributed by atoms with van der Waals surface area (Å²) < 4.78 is 0. The van der Waals surface area contributed by atoms with Gasteiger partial charge in [-0.1, -0.05) is 79.9 Å². The maximum Gasteiger partial charge on any atom is 0.0669 e. The van der Waals surface area contributed by atoms with E-state index in [1.165, 1.54) is 46.5 Å². The van der Waals surface area contributed by atoms with Crippen molar-refractivity contribution in [2.75, 3.05) is 5.32 Å². The average Bonchev–Trinajstić information content (AvgIpc) is 3.17. The van der Waals surface area contributed by atoms with Crippen molar-refractivity contribution in [2.45, 2.75) is 45.6 Å². The van der Waals surface area contributed by atoms with E-state index < -0.39 is 0 Å².